The molecule has 0 aliphatic rings. The maximum atomic E-state index is 14.0. The largest absolute Gasteiger partial charge is 0.380 e. The normalized spacial score (nSPS) is 13.4. The van der Waals surface area contributed by atoms with Gasteiger partial charge in [0.05, 0.1) is 5.56 Å². The third-order valence-electron chi connectivity index (χ3n) is 3.96. The predicted molar refractivity (Wildman–Crippen MR) is 78.6 cm³/mol. The van der Waals surface area contributed by atoms with Gasteiger partial charge in [-0.05, 0) is 23.5 Å². The molecule has 2 aromatic rings. The number of rotatable bonds is 3. The maximum Gasteiger partial charge on any atom is 0.175 e. The summed E-state index contributed by atoms with van der Waals surface area (Å²) in [5.74, 6) is -0.366. The SMILES string of the molecule is CC(Cc1onc(N)c1-c1ccc(F)cc1F)C(C)(C)C. The molecule has 3 nitrogen and oxygen atoms in total. The van der Waals surface area contributed by atoms with Crippen molar-refractivity contribution in [3.63, 3.8) is 0 Å². The van der Waals surface area contributed by atoms with Gasteiger partial charge in [-0.3, -0.25) is 0 Å². The number of nitrogens with two attached hydrogens (primary N) is 1. The Hall–Kier alpha value is -1.91. The van der Waals surface area contributed by atoms with E-state index < -0.39 is 11.6 Å². The Bertz CT molecular complexity index is 644. The highest BCUT2D eigenvalue weighted by Gasteiger charge is 2.26. The third kappa shape index (κ3) is 3.23. The van der Waals surface area contributed by atoms with Crippen molar-refractivity contribution in [2.75, 3.05) is 5.73 Å². The number of benzene rings is 1. The van der Waals surface area contributed by atoms with Gasteiger partial charge in [0.1, 0.15) is 17.4 Å². The molecule has 0 radical (unpaired) electrons. The van der Waals surface area contributed by atoms with Gasteiger partial charge in [-0.25, -0.2) is 8.78 Å². The van der Waals surface area contributed by atoms with Crippen molar-refractivity contribution in [2.24, 2.45) is 11.3 Å². The Morgan fingerprint density at radius 1 is 1.29 bits per heavy atom. The van der Waals surface area contributed by atoms with E-state index in [1.807, 2.05) is 0 Å². The Balaban J connectivity index is 2.43. The van der Waals surface area contributed by atoms with E-state index in [0.717, 1.165) is 6.07 Å². The molecule has 5 heteroatoms. The quantitative estimate of drug-likeness (QED) is 0.911. The van der Waals surface area contributed by atoms with E-state index in [4.69, 9.17) is 10.3 Å². The van der Waals surface area contributed by atoms with E-state index in [1.165, 1.54) is 12.1 Å². The van der Waals surface area contributed by atoms with E-state index in [1.54, 1.807) is 0 Å². The van der Waals surface area contributed by atoms with Gasteiger partial charge in [0.15, 0.2) is 5.82 Å². The molecule has 2 N–H and O–H groups in total. The molecular formula is C16H20F2N2O. The van der Waals surface area contributed by atoms with Crippen molar-refractivity contribution < 1.29 is 13.3 Å². The van der Waals surface area contributed by atoms with Crippen LogP contribution in [0.2, 0.25) is 0 Å². The molecule has 1 aromatic heterocycles. The molecule has 0 saturated carbocycles. The van der Waals surface area contributed by atoms with Gasteiger partial charge in [-0.1, -0.05) is 32.9 Å². The molecule has 21 heavy (non-hydrogen) atoms. The fourth-order valence-corrected chi connectivity index (χ4v) is 2.04. The third-order valence-corrected chi connectivity index (χ3v) is 3.96. The number of aromatic nitrogens is 1. The summed E-state index contributed by atoms with van der Waals surface area (Å²) in [6.45, 7) is 8.45. The number of halogens is 2. The van der Waals surface area contributed by atoms with Gasteiger partial charge in [0.2, 0.25) is 0 Å². The second kappa shape index (κ2) is 5.47. The predicted octanol–water partition coefficient (Wildman–Crippen LogP) is 4.43. The molecule has 1 aromatic carbocycles. The average Bonchev–Trinajstić information content (AvgIpc) is 2.70. The molecule has 114 valence electrons. The minimum absolute atomic E-state index is 0.0696. The molecule has 0 fully saturated rings. The van der Waals surface area contributed by atoms with Gasteiger partial charge < -0.3 is 10.3 Å². The van der Waals surface area contributed by atoms with Gasteiger partial charge in [-0.2, -0.15) is 0 Å². The Labute approximate surface area is 123 Å². The molecule has 1 heterocycles. The second-order valence-electron chi connectivity index (χ2n) is 6.46. The zero-order valence-electron chi connectivity index (χ0n) is 12.7. The number of nitrogens with zero attached hydrogens (tertiary/aromatic N) is 1. The van der Waals surface area contributed by atoms with Crippen LogP contribution in [0.3, 0.4) is 0 Å². The first-order chi connectivity index (χ1) is 9.70. The van der Waals surface area contributed by atoms with Crippen LogP contribution in [0.5, 0.6) is 0 Å². The van der Waals surface area contributed by atoms with Gasteiger partial charge in [0, 0.05) is 18.1 Å². The molecule has 1 atom stereocenters. The van der Waals surface area contributed by atoms with Crippen LogP contribution < -0.4 is 5.73 Å². The minimum Gasteiger partial charge on any atom is -0.380 e. The zero-order valence-corrected chi connectivity index (χ0v) is 12.7. The van der Waals surface area contributed by atoms with Crippen molar-refractivity contribution in [1.82, 2.24) is 5.16 Å². The fraction of sp³-hybridized carbons (Fsp3) is 0.438. The molecule has 0 bridgehead atoms. The lowest BCUT2D eigenvalue weighted by atomic mass is 9.79. The molecule has 0 spiro atoms. The summed E-state index contributed by atoms with van der Waals surface area (Å²) in [6.07, 6.45) is 0.583. The van der Waals surface area contributed by atoms with Crippen LogP contribution in [-0.2, 0) is 6.42 Å². The first-order valence-corrected chi connectivity index (χ1v) is 6.89. The molecule has 0 aliphatic heterocycles. The maximum absolute atomic E-state index is 14.0. The lowest BCUT2D eigenvalue weighted by Gasteiger charge is -2.26. The van der Waals surface area contributed by atoms with E-state index in [0.29, 0.717) is 17.7 Å². The number of anilines is 1. The number of nitrogen functional groups attached to an aromatic ring is 1. The van der Waals surface area contributed by atoms with E-state index >= 15 is 0 Å². The van der Waals surface area contributed by atoms with Crippen LogP contribution in [-0.4, -0.2) is 5.16 Å². The smallest absolute Gasteiger partial charge is 0.175 e. The van der Waals surface area contributed by atoms with Crippen molar-refractivity contribution in [3.8, 4) is 11.1 Å². The lowest BCUT2D eigenvalue weighted by molar-refractivity contribution is 0.240. The molecule has 0 amide bonds. The summed E-state index contributed by atoms with van der Waals surface area (Å²) < 4.78 is 32.3. The number of hydrogen-bond acceptors (Lipinski definition) is 3. The number of hydrogen-bond donors (Lipinski definition) is 1. The van der Waals surface area contributed by atoms with Crippen molar-refractivity contribution in [2.45, 2.75) is 34.1 Å². The van der Waals surface area contributed by atoms with Gasteiger partial charge in [0.25, 0.3) is 0 Å². The highest BCUT2D eigenvalue weighted by atomic mass is 19.1. The summed E-state index contributed by atoms with van der Waals surface area (Å²) in [6, 6.07) is 3.39. The van der Waals surface area contributed by atoms with E-state index in [2.05, 4.69) is 32.9 Å². The molecular weight excluding hydrogens is 274 g/mol. The molecule has 2 rings (SSSR count). The van der Waals surface area contributed by atoms with Crippen LogP contribution in [0.4, 0.5) is 14.6 Å². The van der Waals surface area contributed by atoms with Crippen molar-refractivity contribution in [1.29, 1.82) is 0 Å². The first-order valence-electron chi connectivity index (χ1n) is 6.89. The summed E-state index contributed by atoms with van der Waals surface area (Å²) in [5, 5.41) is 3.73. The average molecular weight is 294 g/mol. The lowest BCUT2D eigenvalue weighted by Crippen LogP contribution is -2.19. The van der Waals surface area contributed by atoms with Crippen LogP contribution in [0.15, 0.2) is 22.7 Å². The highest BCUT2D eigenvalue weighted by molar-refractivity contribution is 5.75. The highest BCUT2D eigenvalue weighted by Crippen LogP contribution is 2.36. The van der Waals surface area contributed by atoms with Crippen LogP contribution in [0.25, 0.3) is 11.1 Å². The van der Waals surface area contributed by atoms with E-state index in [-0.39, 0.29) is 22.7 Å². The van der Waals surface area contributed by atoms with E-state index in [9.17, 15) is 8.78 Å². The zero-order chi connectivity index (χ0) is 15.8. The summed E-state index contributed by atoms with van der Waals surface area (Å²) in [5.41, 5.74) is 6.50. The Kier molecular flexibility index (Phi) is 4.03. The van der Waals surface area contributed by atoms with Crippen molar-refractivity contribution >= 4 is 5.82 Å². The fourth-order valence-electron chi connectivity index (χ4n) is 2.04. The second-order valence-corrected chi connectivity index (χ2v) is 6.46. The van der Waals surface area contributed by atoms with Crippen LogP contribution in [0, 0.1) is 23.0 Å². The van der Waals surface area contributed by atoms with Crippen LogP contribution >= 0.6 is 0 Å². The van der Waals surface area contributed by atoms with Gasteiger partial charge in [-0.15, -0.1) is 0 Å². The minimum atomic E-state index is -0.672. The Morgan fingerprint density at radius 2 is 1.95 bits per heavy atom. The van der Waals surface area contributed by atoms with Crippen molar-refractivity contribution in [3.05, 3.63) is 35.6 Å². The molecule has 0 aliphatic carbocycles. The standard InChI is InChI=1S/C16H20F2N2O/c1-9(16(2,3)4)7-13-14(15(19)20-21-13)11-6-5-10(17)8-12(11)18/h5-6,8-9H,7H2,1-4H3,(H2,19,20). The summed E-state index contributed by atoms with van der Waals surface area (Å²) >= 11 is 0. The summed E-state index contributed by atoms with van der Waals surface area (Å²) in [4.78, 5) is 0. The Morgan fingerprint density at radius 3 is 2.52 bits per heavy atom. The molecule has 1 unspecified atom stereocenters. The summed E-state index contributed by atoms with van der Waals surface area (Å²) in [7, 11) is 0. The first kappa shape index (κ1) is 15.5. The molecule has 0 saturated heterocycles. The van der Waals surface area contributed by atoms with Crippen LogP contribution in [0.1, 0.15) is 33.5 Å². The monoisotopic (exact) mass is 294 g/mol. The van der Waals surface area contributed by atoms with Gasteiger partial charge >= 0.3 is 0 Å². The topological polar surface area (TPSA) is 52.0 Å².